The van der Waals surface area contributed by atoms with E-state index in [0.717, 1.165) is 17.9 Å². The molecule has 1 heterocycles. The van der Waals surface area contributed by atoms with Gasteiger partial charge in [-0.05, 0) is 26.2 Å². The van der Waals surface area contributed by atoms with Crippen LogP contribution in [0.1, 0.15) is 50.9 Å². The van der Waals surface area contributed by atoms with Gasteiger partial charge in [0, 0.05) is 6.54 Å². The monoisotopic (exact) mass is 236 g/mol. The molecular weight excluding hydrogens is 212 g/mol. The molecule has 1 rings (SSSR count). The van der Waals surface area contributed by atoms with E-state index in [2.05, 4.69) is 34.3 Å². The standard InChI is InChI=1S/C13H24N4/c1-5-7-8-12(6-2)9-14-13-15-10(3)11(4)16-17-13/h12H,5-9H2,1-4H3,(H,14,15,17). The average molecular weight is 236 g/mol. The van der Waals surface area contributed by atoms with E-state index in [9.17, 15) is 0 Å². The van der Waals surface area contributed by atoms with Gasteiger partial charge in [-0.2, -0.15) is 5.10 Å². The molecule has 4 nitrogen and oxygen atoms in total. The highest BCUT2D eigenvalue weighted by molar-refractivity contribution is 5.24. The summed E-state index contributed by atoms with van der Waals surface area (Å²) in [6.45, 7) is 9.30. The third-order valence-corrected chi connectivity index (χ3v) is 3.18. The zero-order valence-corrected chi connectivity index (χ0v) is 11.5. The van der Waals surface area contributed by atoms with Crippen LogP contribution in [0.15, 0.2) is 0 Å². The van der Waals surface area contributed by atoms with Crippen molar-refractivity contribution >= 4 is 5.95 Å². The fraction of sp³-hybridized carbons (Fsp3) is 0.769. The Balaban J connectivity index is 2.45. The third-order valence-electron chi connectivity index (χ3n) is 3.18. The molecule has 1 atom stereocenters. The molecule has 0 spiro atoms. The maximum Gasteiger partial charge on any atom is 0.242 e. The lowest BCUT2D eigenvalue weighted by molar-refractivity contribution is 0.471. The van der Waals surface area contributed by atoms with Crippen LogP contribution in [0.2, 0.25) is 0 Å². The summed E-state index contributed by atoms with van der Waals surface area (Å²) < 4.78 is 0. The first kappa shape index (κ1) is 13.9. The van der Waals surface area contributed by atoms with Crippen LogP contribution in [-0.4, -0.2) is 21.7 Å². The van der Waals surface area contributed by atoms with Crippen molar-refractivity contribution in [2.45, 2.75) is 53.4 Å². The second-order valence-corrected chi connectivity index (χ2v) is 4.60. The van der Waals surface area contributed by atoms with Gasteiger partial charge < -0.3 is 5.32 Å². The van der Waals surface area contributed by atoms with Gasteiger partial charge in [0.15, 0.2) is 0 Å². The van der Waals surface area contributed by atoms with Crippen molar-refractivity contribution in [2.24, 2.45) is 5.92 Å². The number of aromatic nitrogens is 3. The third kappa shape index (κ3) is 4.67. The Hall–Kier alpha value is -1.19. The number of aryl methyl sites for hydroxylation is 2. The molecule has 0 aliphatic heterocycles. The van der Waals surface area contributed by atoms with Crippen molar-refractivity contribution in [1.82, 2.24) is 15.2 Å². The maximum absolute atomic E-state index is 4.37. The van der Waals surface area contributed by atoms with E-state index in [4.69, 9.17) is 0 Å². The summed E-state index contributed by atoms with van der Waals surface area (Å²) in [5.74, 6) is 1.36. The predicted molar refractivity (Wildman–Crippen MR) is 71.1 cm³/mol. The van der Waals surface area contributed by atoms with E-state index >= 15 is 0 Å². The normalized spacial score (nSPS) is 12.5. The molecule has 0 bridgehead atoms. The van der Waals surface area contributed by atoms with Crippen LogP contribution in [0.4, 0.5) is 5.95 Å². The summed E-state index contributed by atoms with van der Waals surface area (Å²) >= 11 is 0. The van der Waals surface area contributed by atoms with Crippen molar-refractivity contribution in [2.75, 3.05) is 11.9 Å². The number of hydrogen-bond donors (Lipinski definition) is 1. The molecule has 1 N–H and O–H groups in total. The number of nitrogens with one attached hydrogen (secondary N) is 1. The molecule has 96 valence electrons. The number of hydrogen-bond acceptors (Lipinski definition) is 4. The predicted octanol–water partition coefficient (Wildman–Crippen LogP) is 3.12. The molecule has 1 unspecified atom stereocenters. The molecule has 4 heteroatoms. The molecule has 0 aromatic carbocycles. The van der Waals surface area contributed by atoms with Crippen molar-refractivity contribution in [1.29, 1.82) is 0 Å². The largest absolute Gasteiger partial charge is 0.353 e. The van der Waals surface area contributed by atoms with Crippen LogP contribution < -0.4 is 5.32 Å². The van der Waals surface area contributed by atoms with Gasteiger partial charge in [-0.1, -0.05) is 33.1 Å². The van der Waals surface area contributed by atoms with Crippen LogP contribution in [-0.2, 0) is 0 Å². The summed E-state index contributed by atoms with van der Waals surface area (Å²) in [4.78, 5) is 4.37. The van der Waals surface area contributed by atoms with E-state index in [1.807, 2.05) is 13.8 Å². The van der Waals surface area contributed by atoms with E-state index in [-0.39, 0.29) is 0 Å². The van der Waals surface area contributed by atoms with Gasteiger partial charge in [-0.3, -0.25) is 0 Å². The van der Waals surface area contributed by atoms with Gasteiger partial charge in [-0.25, -0.2) is 4.98 Å². The minimum atomic E-state index is 0.656. The van der Waals surface area contributed by atoms with Crippen molar-refractivity contribution < 1.29 is 0 Å². The lowest BCUT2D eigenvalue weighted by Gasteiger charge is -2.15. The summed E-state index contributed by atoms with van der Waals surface area (Å²) in [5.41, 5.74) is 1.85. The van der Waals surface area contributed by atoms with Gasteiger partial charge in [-0.15, -0.1) is 5.10 Å². The van der Waals surface area contributed by atoms with Crippen LogP contribution in [0, 0.1) is 19.8 Å². The average Bonchev–Trinajstić information content (AvgIpc) is 2.34. The zero-order chi connectivity index (χ0) is 12.7. The Morgan fingerprint density at radius 3 is 2.47 bits per heavy atom. The number of nitrogens with zero attached hydrogens (tertiary/aromatic N) is 3. The lowest BCUT2D eigenvalue weighted by Crippen LogP contribution is -2.16. The van der Waals surface area contributed by atoms with Crippen LogP contribution in [0.5, 0.6) is 0 Å². The molecule has 0 saturated carbocycles. The van der Waals surface area contributed by atoms with Gasteiger partial charge >= 0.3 is 0 Å². The van der Waals surface area contributed by atoms with Crippen LogP contribution in [0.25, 0.3) is 0 Å². The Morgan fingerprint density at radius 1 is 1.12 bits per heavy atom. The number of rotatable bonds is 7. The highest BCUT2D eigenvalue weighted by atomic mass is 15.2. The molecule has 0 amide bonds. The Morgan fingerprint density at radius 2 is 1.88 bits per heavy atom. The molecule has 0 fully saturated rings. The highest BCUT2D eigenvalue weighted by Crippen LogP contribution is 2.13. The fourth-order valence-corrected chi connectivity index (χ4v) is 1.71. The van der Waals surface area contributed by atoms with Gasteiger partial charge in [0.2, 0.25) is 5.95 Å². The first-order valence-corrected chi connectivity index (χ1v) is 6.59. The van der Waals surface area contributed by atoms with E-state index < -0.39 is 0 Å². The van der Waals surface area contributed by atoms with E-state index in [0.29, 0.717) is 11.9 Å². The second kappa shape index (κ2) is 7.20. The molecule has 0 aliphatic rings. The quantitative estimate of drug-likeness (QED) is 0.790. The topological polar surface area (TPSA) is 50.7 Å². The summed E-state index contributed by atoms with van der Waals surface area (Å²) in [7, 11) is 0. The number of anilines is 1. The Labute approximate surface area is 104 Å². The summed E-state index contributed by atoms with van der Waals surface area (Å²) in [6, 6.07) is 0. The molecule has 1 aromatic heterocycles. The second-order valence-electron chi connectivity index (χ2n) is 4.60. The van der Waals surface area contributed by atoms with Gasteiger partial charge in [0.25, 0.3) is 0 Å². The minimum Gasteiger partial charge on any atom is -0.353 e. The highest BCUT2D eigenvalue weighted by Gasteiger charge is 2.07. The lowest BCUT2D eigenvalue weighted by atomic mass is 9.99. The molecule has 0 saturated heterocycles. The smallest absolute Gasteiger partial charge is 0.242 e. The van der Waals surface area contributed by atoms with Crippen LogP contribution >= 0.6 is 0 Å². The van der Waals surface area contributed by atoms with Crippen molar-refractivity contribution in [3.63, 3.8) is 0 Å². The minimum absolute atomic E-state index is 0.656. The Bertz CT molecular complexity index is 338. The maximum atomic E-state index is 4.37. The van der Waals surface area contributed by atoms with Crippen molar-refractivity contribution in [3.05, 3.63) is 11.4 Å². The first-order chi connectivity index (χ1) is 8.17. The van der Waals surface area contributed by atoms with Gasteiger partial charge in [0.05, 0.1) is 11.4 Å². The summed E-state index contributed by atoms with van der Waals surface area (Å²) in [6.07, 6.45) is 5.04. The van der Waals surface area contributed by atoms with E-state index in [1.165, 1.54) is 25.7 Å². The van der Waals surface area contributed by atoms with E-state index in [1.54, 1.807) is 0 Å². The molecule has 0 radical (unpaired) electrons. The van der Waals surface area contributed by atoms with Crippen molar-refractivity contribution in [3.8, 4) is 0 Å². The van der Waals surface area contributed by atoms with Gasteiger partial charge in [0.1, 0.15) is 0 Å². The summed E-state index contributed by atoms with van der Waals surface area (Å²) in [5, 5.41) is 11.4. The first-order valence-electron chi connectivity index (χ1n) is 6.59. The van der Waals surface area contributed by atoms with Crippen LogP contribution in [0.3, 0.4) is 0 Å². The fourth-order valence-electron chi connectivity index (χ4n) is 1.71. The molecular formula is C13H24N4. The zero-order valence-electron chi connectivity index (χ0n) is 11.5. The Kier molecular flexibility index (Phi) is 5.87. The molecule has 17 heavy (non-hydrogen) atoms. The molecule has 1 aromatic rings. The number of unbranched alkanes of at least 4 members (excludes halogenated alkanes) is 1. The molecule has 0 aliphatic carbocycles. The SMILES string of the molecule is CCCCC(CC)CNc1nnc(C)c(C)n1.